The summed E-state index contributed by atoms with van der Waals surface area (Å²) in [5.41, 5.74) is 3.06. The highest BCUT2D eigenvalue weighted by atomic mass is 19.1. The number of rotatable bonds is 4. The summed E-state index contributed by atoms with van der Waals surface area (Å²) in [6.07, 6.45) is 1.70. The largest absolute Gasteiger partial charge is 0.379 e. The molecule has 0 atom stereocenters. The second kappa shape index (κ2) is 5.75. The first-order chi connectivity index (χ1) is 10.2. The zero-order valence-corrected chi connectivity index (χ0v) is 11.6. The molecule has 0 aliphatic carbocycles. The minimum Gasteiger partial charge on any atom is -0.379 e. The van der Waals surface area contributed by atoms with E-state index >= 15 is 0 Å². The van der Waals surface area contributed by atoms with Crippen molar-refractivity contribution in [1.29, 1.82) is 0 Å². The van der Waals surface area contributed by atoms with Gasteiger partial charge < -0.3 is 5.32 Å². The first kappa shape index (κ1) is 13.3. The van der Waals surface area contributed by atoms with Gasteiger partial charge in [0.2, 0.25) is 0 Å². The van der Waals surface area contributed by atoms with Crippen LogP contribution in [-0.4, -0.2) is 15.0 Å². The molecule has 0 unspecified atom stereocenters. The summed E-state index contributed by atoms with van der Waals surface area (Å²) in [6.45, 7) is 2.24. The SMILES string of the molecule is Cc1ccc(NCc2cnn(-c3ccccc3)n2)cc1F. The van der Waals surface area contributed by atoms with Crippen LogP contribution >= 0.6 is 0 Å². The van der Waals surface area contributed by atoms with Gasteiger partial charge in [-0.15, -0.1) is 0 Å². The van der Waals surface area contributed by atoms with E-state index in [0.717, 1.165) is 17.1 Å². The zero-order valence-electron chi connectivity index (χ0n) is 11.6. The van der Waals surface area contributed by atoms with Crippen LogP contribution in [0.5, 0.6) is 0 Å². The van der Waals surface area contributed by atoms with Gasteiger partial charge in [0.25, 0.3) is 0 Å². The number of para-hydroxylation sites is 1. The highest BCUT2D eigenvalue weighted by Gasteiger charge is 2.03. The van der Waals surface area contributed by atoms with Gasteiger partial charge in [0.15, 0.2) is 0 Å². The van der Waals surface area contributed by atoms with E-state index in [2.05, 4.69) is 15.5 Å². The zero-order chi connectivity index (χ0) is 14.7. The fraction of sp³-hybridized carbons (Fsp3) is 0.125. The smallest absolute Gasteiger partial charge is 0.128 e. The molecule has 0 spiro atoms. The number of anilines is 1. The lowest BCUT2D eigenvalue weighted by molar-refractivity contribution is 0.619. The Kier molecular flexibility index (Phi) is 3.64. The summed E-state index contributed by atoms with van der Waals surface area (Å²) < 4.78 is 13.5. The average Bonchev–Trinajstić information content (AvgIpc) is 2.98. The summed E-state index contributed by atoms with van der Waals surface area (Å²) >= 11 is 0. The maximum Gasteiger partial charge on any atom is 0.128 e. The van der Waals surface area contributed by atoms with Crippen LogP contribution in [0.3, 0.4) is 0 Å². The Balaban J connectivity index is 1.69. The fourth-order valence-corrected chi connectivity index (χ4v) is 1.96. The molecule has 0 aliphatic rings. The highest BCUT2D eigenvalue weighted by molar-refractivity contribution is 5.45. The summed E-state index contributed by atoms with van der Waals surface area (Å²) in [4.78, 5) is 1.58. The van der Waals surface area contributed by atoms with Crippen molar-refractivity contribution in [3.63, 3.8) is 0 Å². The lowest BCUT2D eigenvalue weighted by Gasteiger charge is -2.05. The molecule has 0 radical (unpaired) electrons. The van der Waals surface area contributed by atoms with Crippen LogP contribution in [0.25, 0.3) is 5.69 Å². The molecule has 0 bridgehead atoms. The molecule has 1 N–H and O–H groups in total. The molecule has 1 aromatic heterocycles. The van der Waals surface area contributed by atoms with Crippen molar-refractivity contribution in [3.05, 3.63) is 71.8 Å². The molecule has 3 aromatic rings. The normalized spacial score (nSPS) is 10.6. The molecule has 0 saturated heterocycles. The molecule has 106 valence electrons. The number of nitrogens with zero attached hydrogens (tertiary/aromatic N) is 3. The quantitative estimate of drug-likeness (QED) is 0.798. The third-order valence-corrected chi connectivity index (χ3v) is 3.17. The second-order valence-electron chi connectivity index (χ2n) is 4.78. The van der Waals surface area contributed by atoms with E-state index in [1.165, 1.54) is 6.07 Å². The van der Waals surface area contributed by atoms with Crippen molar-refractivity contribution in [2.24, 2.45) is 0 Å². The first-order valence-corrected chi connectivity index (χ1v) is 6.69. The van der Waals surface area contributed by atoms with Crippen molar-refractivity contribution in [1.82, 2.24) is 15.0 Å². The van der Waals surface area contributed by atoms with Crippen LogP contribution in [0.4, 0.5) is 10.1 Å². The van der Waals surface area contributed by atoms with E-state index in [-0.39, 0.29) is 5.82 Å². The third-order valence-electron chi connectivity index (χ3n) is 3.17. The van der Waals surface area contributed by atoms with Gasteiger partial charge in [-0.2, -0.15) is 15.0 Å². The summed E-state index contributed by atoms with van der Waals surface area (Å²) in [5, 5.41) is 11.7. The van der Waals surface area contributed by atoms with Gasteiger partial charge in [0, 0.05) is 5.69 Å². The van der Waals surface area contributed by atoms with Crippen molar-refractivity contribution < 1.29 is 4.39 Å². The van der Waals surface area contributed by atoms with Gasteiger partial charge in [-0.3, -0.25) is 0 Å². The van der Waals surface area contributed by atoms with Crippen LogP contribution in [0.1, 0.15) is 11.3 Å². The lowest BCUT2D eigenvalue weighted by atomic mass is 10.2. The number of hydrogen-bond donors (Lipinski definition) is 1. The lowest BCUT2D eigenvalue weighted by Crippen LogP contribution is -2.03. The summed E-state index contributed by atoms with van der Waals surface area (Å²) in [6, 6.07) is 14.8. The molecule has 4 nitrogen and oxygen atoms in total. The third kappa shape index (κ3) is 3.08. The van der Waals surface area contributed by atoms with Crippen molar-refractivity contribution in [2.75, 3.05) is 5.32 Å². The molecule has 0 aliphatic heterocycles. The first-order valence-electron chi connectivity index (χ1n) is 6.69. The van der Waals surface area contributed by atoms with Gasteiger partial charge in [0.1, 0.15) is 11.5 Å². The minimum atomic E-state index is -0.215. The van der Waals surface area contributed by atoms with E-state index in [9.17, 15) is 4.39 Å². The van der Waals surface area contributed by atoms with Gasteiger partial charge in [0.05, 0.1) is 18.4 Å². The van der Waals surface area contributed by atoms with Crippen LogP contribution in [0.2, 0.25) is 0 Å². The number of aryl methyl sites for hydroxylation is 1. The second-order valence-corrected chi connectivity index (χ2v) is 4.78. The minimum absolute atomic E-state index is 0.215. The Morgan fingerprint density at radius 1 is 1.14 bits per heavy atom. The number of hydrogen-bond acceptors (Lipinski definition) is 3. The Bertz CT molecular complexity index is 737. The highest BCUT2D eigenvalue weighted by Crippen LogP contribution is 2.14. The van der Waals surface area contributed by atoms with E-state index in [1.54, 1.807) is 24.0 Å². The molecule has 21 heavy (non-hydrogen) atoms. The number of benzene rings is 2. The topological polar surface area (TPSA) is 42.7 Å². The van der Waals surface area contributed by atoms with E-state index in [4.69, 9.17) is 0 Å². The van der Waals surface area contributed by atoms with Crippen molar-refractivity contribution >= 4 is 5.69 Å². The molecular formula is C16H15FN4. The molecule has 0 saturated carbocycles. The van der Waals surface area contributed by atoms with Gasteiger partial charge in [-0.05, 0) is 36.8 Å². The predicted octanol–water partition coefficient (Wildman–Crippen LogP) is 3.33. The fourth-order valence-electron chi connectivity index (χ4n) is 1.96. The van der Waals surface area contributed by atoms with Crippen LogP contribution in [0, 0.1) is 12.7 Å². The van der Waals surface area contributed by atoms with Crippen molar-refractivity contribution in [2.45, 2.75) is 13.5 Å². The molecule has 3 rings (SSSR count). The van der Waals surface area contributed by atoms with Gasteiger partial charge in [-0.25, -0.2) is 4.39 Å². The monoisotopic (exact) mass is 282 g/mol. The van der Waals surface area contributed by atoms with Crippen LogP contribution < -0.4 is 5.32 Å². The molecular weight excluding hydrogens is 267 g/mol. The Labute approximate surface area is 122 Å². The maximum atomic E-state index is 13.5. The number of nitrogens with one attached hydrogen (secondary N) is 1. The number of halogens is 1. The van der Waals surface area contributed by atoms with Crippen LogP contribution in [0.15, 0.2) is 54.7 Å². The Morgan fingerprint density at radius 3 is 2.71 bits per heavy atom. The van der Waals surface area contributed by atoms with Crippen molar-refractivity contribution in [3.8, 4) is 5.69 Å². The Hall–Kier alpha value is -2.69. The average molecular weight is 282 g/mol. The van der Waals surface area contributed by atoms with Crippen LogP contribution in [-0.2, 0) is 6.54 Å². The molecule has 1 heterocycles. The van der Waals surface area contributed by atoms with E-state index in [0.29, 0.717) is 12.1 Å². The van der Waals surface area contributed by atoms with Gasteiger partial charge in [-0.1, -0.05) is 24.3 Å². The Morgan fingerprint density at radius 2 is 1.95 bits per heavy atom. The summed E-state index contributed by atoms with van der Waals surface area (Å²) in [5.74, 6) is -0.215. The summed E-state index contributed by atoms with van der Waals surface area (Å²) in [7, 11) is 0. The molecule has 2 aromatic carbocycles. The molecule has 0 amide bonds. The number of aromatic nitrogens is 3. The predicted molar refractivity (Wildman–Crippen MR) is 79.8 cm³/mol. The van der Waals surface area contributed by atoms with E-state index in [1.807, 2.05) is 36.4 Å². The molecule has 5 heteroatoms. The standard InChI is InChI=1S/C16H15FN4/c1-12-7-8-13(9-16(12)17)18-10-14-11-19-21(20-14)15-5-3-2-4-6-15/h2-9,11,18H,10H2,1H3. The maximum absolute atomic E-state index is 13.5. The molecule has 0 fully saturated rings. The van der Waals surface area contributed by atoms with Gasteiger partial charge >= 0.3 is 0 Å². The van der Waals surface area contributed by atoms with E-state index < -0.39 is 0 Å².